The fourth-order valence-corrected chi connectivity index (χ4v) is 1.93. The highest BCUT2D eigenvalue weighted by Gasteiger charge is 2.20. The van der Waals surface area contributed by atoms with Crippen molar-refractivity contribution in [3.63, 3.8) is 0 Å². The summed E-state index contributed by atoms with van der Waals surface area (Å²) in [6, 6.07) is 10.00. The van der Waals surface area contributed by atoms with E-state index in [0.717, 1.165) is 0 Å². The third kappa shape index (κ3) is 3.62. The average Bonchev–Trinajstić information content (AvgIpc) is 2.44. The number of carbonyl (C=O) groups excluding carboxylic acids is 2. The largest absolute Gasteiger partial charge is 0.361 e. The topological polar surface area (TPSA) is 72.2 Å². The van der Waals surface area contributed by atoms with E-state index in [9.17, 15) is 18.4 Å². The van der Waals surface area contributed by atoms with Gasteiger partial charge in [0.05, 0.1) is 6.04 Å². The first-order valence-electron chi connectivity index (χ1n) is 6.08. The molecule has 0 heterocycles. The summed E-state index contributed by atoms with van der Waals surface area (Å²) in [6.07, 6.45) is 0. The van der Waals surface area contributed by atoms with Gasteiger partial charge in [-0.25, -0.2) is 8.78 Å². The van der Waals surface area contributed by atoms with Crippen molar-refractivity contribution >= 4 is 11.8 Å². The lowest BCUT2D eigenvalue weighted by molar-refractivity contribution is -0.137. The van der Waals surface area contributed by atoms with Gasteiger partial charge in [0.2, 0.25) is 0 Å². The van der Waals surface area contributed by atoms with Crippen LogP contribution in [-0.4, -0.2) is 11.8 Å². The number of carbonyl (C=O) groups is 2. The van der Waals surface area contributed by atoms with Gasteiger partial charge in [-0.1, -0.05) is 24.3 Å². The number of hydrogen-bond donors (Lipinski definition) is 2. The van der Waals surface area contributed by atoms with Crippen LogP contribution in [0.25, 0.3) is 0 Å². The normalized spacial score (nSPS) is 10.4. The van der Waals surface area contributed by atoms with Crippen LogP contribution in [0.2, 0.25) is 0 Å². The zero-order valence-electron chi connectivity index (χ0n) is 10.8. The summed E-state index contributed by atoms with van der Waals surface area (Å²) in [4.78, 5) is 22.4. The molecule has 2 aromatic rings. The summed E-state index contributed by atoms with van der Waals surface area (Å²) in [6.45, 7) is 0. The molecule has 0 bridgehead atoms. The lowest BCUT2D eigenvalue weighted by Gasteiger charge is -2.19. The summed E-state index contributed by atoms with van der Waals surface area (Å²) in [5.74, 6) is -3.23. The molecule has 2 amide bonds. The number of nitrogens with two attached hydrogens (primary N) is 1. The van der Waals surface area contributed by atoms with E-state index in [1.54, 1.807) is 12.1 Å². The monoisotopic (exact) mass is 290 g/mol. The smallest absolute Gasteiger partial charge is 0.309 e. The molecule has 2 aromatic carbocycles. The lowest BCUT2D eigenvalue weighted by atomic mass is 9.98. The van der Waals surface area contributed by atoms with Crippen molar-refractivity contribution in [3.05, 3.63) is 71.3 Å². The van der Waals surface area contributed by atoms with Crippen LogP contribution in [0.4, 0.5) is 8.78 Å². The summed E-state index contributed by atoms with van der Waals surface area (Å²) < 4.78 is 26.7. The van der Waals surface area contributed by atoms with Gasteiger partial charge in [-0.3, -0.25) is 9.59 Å². The van der Waals surface area contributed by atoms with Gasteiger partial charge in [0, 0.05) is 0 Å². The highest BCUT2D eigenvalue weighted by molar-refractivity contribution is 6.34. The van der Waals surface area contributed by atoms with Crippen LogP contribution in [0.1, 0.15) is 17.2 Å². The number of rotatable bonds is 3. The first kappa shape index (κ1) is 14.6. The van der Waals surface area contributed by atoms with Crippen LogP contribution in [-0.2, 0) is 9.59 Å². The second-order valence-corrected chi connectivity index (χ2v) is 4.38. The van der Waals surface area contributed by atoms with Crippen molar-refractivity contribution in [3.8, 4) is 0 Å². The number of hydrogen-bond acceptors (Lipinski definition) is 2. The molecule has 0 unspecified atom stereocenters. The highest BCUT2D eigenvalue weighted by atomic mass is 19.1. The van der Waals surface area contributed by atoms with Gasteiger partial charge in [-0.15, -0.1) is 0 Å². The highest BCUT2D eigenvalue weighted by Crippen LogP contribution is 2.23. The molecule has 4 nitrogen and oxygen atoms in total. The van der Waals surface area contributed by atoms with Gasteiger partial charge in [-0.2, -0.15) is 0 Å². The zero-order valence-corrected chi connectivity index (χ0v) is 10.8. The third-order valence-electron chi connectivity index (χ3n) is 2.86. The number of benzene rings is 2. The summed E-state index contributed by atoms with van der Waals surface area (Å²) >= 11 is 0. The minimum atomic E-state index is -1.17. The Morgan fingerprint density at radius 2 is 1.43 bits per heavy atom. The van der Waals surface area contributed by atoms with E-state index in [1.807, 2.05) is 0 Å². The first-order valence-corrected chi connectivity index (χ1v) is 6.08. The van der Waals surface area contributed by atoms with Gasteiger partial charge < -0.3 is 11.1 Å². The van der Waals surface area contributed by atoms with Crippen LogP contribution < -0.4 is 11.1 Å². The summed E-state index contributed by atoms with van der Waals surface area (Å²) in [7, 11) is 0. The zero-order chi connectivity index (χ0) is 15.4. The Balaban J connectivity index is 2.44. The Labute approximate surface area is 119 Å². The Kier molecular flexibility index (Phi) is 4.27. The predicted molar refractivity (Wildman–Crippen MR) is 72.0 cm³/mol. The van der Waals surface area contributed by atoms with Crippen molar-refractivity contribution in [2.75, 3.05) is 0 Å². The molecule has 0 fully saturated rings. The van der Waals surface area contributed by atoms with Crippen molar-refractivity contribution < 1.29 is 18.4 Å². The van der Waals surface area contributed by atoms with E-state index in [4.69, 9.17) is 5.73 Å². The first-order chi connectivity index (χ1) is 9.97. The minimum Gasteiger partial charge on any atom is -0.361 e. The Morgan fingerprint density at radius 1 is 0.952 bits per heavy atom. The van der Waals surface area contributed by atoms with E-state index in [-0.39, 0.29) is 0 Å². The molecule has 0 aliphatic carbocycles. The van der Waals surface area contributed by atoms with Crippen molar-refractivity contribution in [2.24, 2.45) is 5.73 Å². The Hall–Kier alpha value is -2.76. The second-order valence-electron chi connectivity index (χ2n) is 4.38. The van der Waals surface area contributed by atoms with E-state index in [2.05, 4.69) is 5.32 Å². The van der Waals surface area contributed by atoms with E-state index in [1.165, 1.54) is 36.4 Å². The van der Waals surface area contributed by atoms with Crippen LogP contribution in [0, 0.1) is 11.6 Å². The van der Waals surface area contributed by atoms with Gasteiger partial charge in [0.1, 0.15) is 11.6 Å². The molecule has 0 spiro atoms. The average molecular weight is 290 g/mol. The second kappa shape index (κ2) is 6.13. The standard InChI is InChI=1S/C15H12F2N2O2/c16-11-5-1-3-9(7-11)13(19-15(21)14(18)20)10-4-2-6-12(17)8-10/h1-8,13H,(H2,18,20)(H,19,21). The van der Waals surface area contributed by atoms with Crippen molar-refractivity contribution in [1.82, 2.24) is 5.32 Å². The fraction of sp³-hybridized carbons (Fsp3) is 0.0667. The van der Waals surface area contributed by atoms with E-state index in [0.29, 0.717) is 11.1 Å². The maximum absolute atomic E-state index is 13.3. The molecule has 6 heteroatoms. The molecule has 0 aromatic heterocycles. The molecule has 0 saturated carbocycles. The third-order valence-corrected chi connectivity index (χ3v) is 2.86. The Morgan fingerprint density at radius 3 is 1.81 bits per heavy atom. The van der Waals surface area contributed by atoms with Crippen molar-refractivity contribution in [2.45, 2.75) is 6.04 Å². The number of nitrogens with one attached hydrogen (secondary N) is 1. The van der Waals surface area contributed by atoms with Gasteiger partial charge >= 0.3 is 11.8 Å². The molecule has 0 saturated heterocycles. The van der Waals surface area contributed by atoms with E-state index >= 15 is 0 Å². The quantitative estimate of drug-likeness (QED) is 0.844. The SMILES string of the molecule is NC(=O)C(=O)NC(c1cccc(F)c1)c1cccc(F)c1. The molecule has 21 heavy (non-hydrogen) atoms. The molecule has 108 valence electrons. The molecule has 0 aliphatic heterocycles. The number of amides is 2. The van der Waals surface area contributed by atoms with Crippen LogP contribution in [0.5, 0.6) is 0 Å². The Bertz CT molecular complexity index is 643. The maximum atomic E-state index is 13.3. The minimum absolute atomic E-state index is 0.371. The summed E-state index contributed by atoms with van der Waals surface area (Å²) in [5.41, 5.74) is 5.64. The molecule has 3 N–H and O–H groups in total. The molecule has 0 atom stereocenters. The van der Waals surface area contributed by atoms with Crippen LogP contribution in [0.3, 0.4) is 0 Å². The molecule has 2 rings (SSSR count). The van der Waals surface area contributed by atoms with Gasteiger partial charge in [0.25, 0.3) is 0 Å². The molecule has 0 radical (unpaired) electrons. The maximum Gasteiger partial charge on any atom is 0.309 e. The lowest BCUT2D eigenvalue weighted by Crippen LogP contribution is -2.38. The fourth-order valence-electron chi connectivity index (χ4n) is 1.93. The van der Waals surface area contributed by atoms with E-state index < -0.39 is 29.5 Å². The molecule has 0 aliphatic rings. The van der Waals surface area contributed by atoms with Gasteiger partial charge in [0.15, 0.2) is 0 Å². The number of primary amides is 1. The predicted octanol–water partition coefficient (Wildman–Crippen LogP) is 1.66. The molecular formula is C15H12F2N2O2. The number of halogens is 2. The van der Waals surface area contributed by atoms with Crippen LogP contribution >= 0.6 is 0 Å². The van der Waals surface area contributed by atoms with Gasteiger partial charge in [-0.05, 0) is 35.4 Å². The van der Waals surface area contributed by atoms with Crippen LogP contribution in [0.15, 0.2) is 48.5 Å². The molecular weight excluding hydrogens is 278 g/mol. The van der Waals surface area contributed by atoms with Crippen molar-refractivity contribution in [1.29, 1.82) is 0 Å². The summed E-state index contributed by atoms with van der Waals surface area (Å²) in [5, 5.41) is 2.36.